The molecule has 0 aliphatic rings. The minimum atomic E-state index is -5.02. The number of phosphoric ester groups is 2. The average Bonchev–Trinajstić information content (AvgIpc) is 0.909. The molecule has 5 atom stereocenters. The molecule has 0 bridgehead atoms. The maximum atomic E-state index is 13.1. The largest absolute Gasteiger partial charge is 0.472 e. The Morgan fingerprint density at radius 1 is 0.264 bits per heavy atom. The van der Waals surface area contributed by atoms with E-state index in [4.69, 9.17) is 37.0 Å². The van der Waals surface area contributed by atoms with Gasteiger partial charge in [0.25, 0.3) is 0 Å². The molecule has 3 N–H and O–H groups in total. The normalized spacial score (nSPS) is 15.0. The van der Waals surface area contributed by atoms with Gasteiger partial charge in [-0.3, -0.25) is 37.3 Å². The predicted octanol–water partition coefficient (Wildman–Crippen LogP) is 23.1. The molecule has 0 spiro atoms. The van der Waals surface area contributed by atoms with Crippen LogP contribution in [0.3, 0.4) is 0 Å². The molecular formula is C87H136O17P2. The molecule has 17 nitrogen and oxygen atoms in total. The first-order chi connectivity index (χ1) is 51.7. The highest BCUT2D eigenvalue weighted by Gasteiger charge is 2.30. The van der Waals surface area contributed by atoms with Gasteiger partial charge in [-0.1, -0.05) is 260 Å². The Hall–Kier alpha value is -6.36. The lowest BCUT2D eigenvalue weighted by atomic mass is 10.1. The van der Waals surface area contributed by atoms with Crippen LogP contribution in [0.25, 0.3) is 0 Å². The number of ether oxygens (including phenoxy) is 4. The summed E-state index contributed by atoms with van der Waals surface area (Å²) in [6.45, 7) is 4.20. The Labute approximate surface area is 639 Å². The molecule has 19 heteroatoms. The molecule has 0 radical (unpaired) electrons. The van der Waals surface area contributed by atoms with E-state index in [0.717, 1.165) is 167 Å². The van der Waals surface area contributed by atoms with Crippen LogP contribution in [0.1, 0.15) is 259 Å². The maximum Gasteiger partial charge on any atom is 0.472 e. The quantitative estimate of drug-likeness (QED) is 0.0169. The molecule has 106 heavy (non-hydrogen) atoms. The molecule has 0 aromatic rings. The van der Waals surface area contributed by atoms with E-state index in [1.54, 1.807) is 0 Å². The third-order valence-electron chi connectivity index (χ3n) is 15.2. The van der Waals surface area contributed by atoms with Gasteiger partial charge >= 0.3 is 39.5 Å². The lowest BCUT2D eigenvalue weighted by Crippen LogP contribution is -2.30. The van der Waals surface area contributed by atoms with Gasteiger partial charge in [-0.15, -0.1) is 0 Å². The average molecular weight is 1520 g/mol. The number of esters is 4. The molecule has 0 aromatic carbocycles. The molecule has 0 fully saturated rings. The summed E-state index contributed by atoms with van der Waals surface area (Å²) in [4.78, 5) is 73.0. The van der Waals surface area contributed by atoms with E-state index in [2.05, 4.69) is 216 Å². The SMILES string of the molecule is CC/C=C\C/C=C\C/C=C\C/C=C\C/C=C\CCCCCC(=O)OCC(COP(=O)(O)OCC(O)COP(=O)(O)OCC(COC(=O)CCC/C=C\C/C=C\C/C=C\C/C=C\C/C=C\CC)OC(=O)CCCC/C=C\C/C=C\C/C=C\C/C=C\CC)OC(=O)CCCCCCC/C=C\C/C=C\C/C=C\CC. The van der Waals surface area contributed by atoms with Crippen molar-refractivity contribution >= 4 is 39.5 Å². The van der Waals surface area contributed by atoms with Crippen molar-refractivity contribution in [3.8, 4) is 0 Å². The van der Waals surface area contributed by atoms with Crippen LogP contribution in [0, 0.1) is 0 Å². The molecule has 596 valence electrons. The predicted molar refractivity (Wildman–Crippen MR) is 435 cm³/mol. The fourth-order valence-corrected chi connectivity index (χ4v) is 11.0. The van der Waals surface area contributed by atoms with Crippen molar-refractivity contribution in [2.45, 2.75) is 277 Å². The second kappa shape index (κ2) is 76.8. The van der Waals surface area contributed by atoms with E-state index < -0.39 is 97.5 Å². The molecular weight excluding hydrogens is 1380 g/mol. The monoisotopic (exact) mass is 1510 g/mol. The Balaban J connectivity index is 5.52. The van der Waals surface area contributed by atoms with Gasteiger partial charge in [0, 0.05) is 25.7 Å². The van der Waals surface area contributed by atoms with Crippen LogP contribution in [0.5, 0.6) is 0 Å². The summed E-state index contributed by atoms with van der Waals surface area (Å²) in [7, 11) is -10.0. The number of aliphatic hydroxyl groups is 1. The van der Waals surface area contributed by atoms with Gasteiger partial charge in [-0.2, -0.15) is 0 Å². The summed E-state index contributed by atoms with van der Waals surface area (Å²) in [5, 5.41) is 10.6. The third kappa shape index (κ3) is 75.9. The maximum absolute atomic E-state index is 13.1. The highest BCUT2D eigenvalue weighted by atomic mass is 31.2. The Bertz CT molecular complexity index is 2830. The number of aliphatic hydroxyl groups excluding tert-OH is 1. The molecule has 0 heterocycles. The van der Waals surface area contributed by atoms with Crippen molar-refractivity contribution in [2.24, 2.45) is 0 Å². The number of allylic oxidation sites excluding steroid dienone is 34. The standard InChI is InChI=1S/C87H136O17P2/c1-5-9-13-17-21-25-29-33-37-39-40-42-46-48-52-56-60-64-68-72-85(90)98-78-83(104-87(92)74-70-66-62-58-54-50-44-36-32-28-24-20-16-12-8-4)80-102-106(95,96)100-76-81(88)75-99-105(93,94)101-79-82(103-86(91)73-69-65-61-57-53-49-43-35-31-27-23-19-15-11-7-3)77-97-84(89)71-67-63-59-55-51-47-45-41-38-34-30-26-22-18-14-10-6-2/h9-16,21-28,33-38,40,42-45,47-48,52-53,55,57,59,81-83,88H,5-8,17-20,29-32,39,41,46,49-51,54,56,58,60-80H2,1-4H3,(H,93,94)(H,95,96)/b13-9-,14-10-,15-11-,16-12-,25-21-,26-22-,27-23-,28-24-,37-33-,38-34-,42-40-,43-35-,44-36-,47-45-,52-48-,57-53-,59-55-. The minimum absolute atomic E-state index is 0.0206. The van der Waals surface area contributed by atoms with Gasteiger partial charge in [0.2, 0.25) is 0 Å². The van der Waals surface area contributed by atoms with Crippen molar-refractivity contribution in [3.63, 3.8) is 0 Å². The lowest BCUT2D eigenvalue weighted by Gasteiger charge is -2.21. The molecule has 0 saturated carbocycles. The van der Waals surface area contributed by atoms with Crippen LogP contribution < -0.4 is 0 Å². The number of carbonyl (C=O) groups is 4. The summed E-state index contributed by atoms with van der Waals surface area (Å²) < 4.78 is 68.4. The molecule has 0 rings (SSSR count). The van der Waals surface area contributed by atoms with Gasteiger partial charge in [-0.05, 0) is 180 Å². The summed E-state index contributed by atoms with van der Waals surface area (Å²) in [5.41, 5.74) is 0. The summed E-state index contributed by atoms with van der Waals surface area (Å²) in [5.74, 6) is -2.37. The van der Waals surface area contributed by atoms with Crippen molar-refractivity contribution in [1.29, 1.82) is 0 Å². The Kier molecular flexibility index (Phi) is 72.2. The number of hydrogen-bond donors (Lipinski definition) is 3. The van der Waals surface area contributed by atoms with E-state index in [1.165, 1.54) is 0 Å². The number of rotatable bonds is 71. The fraction of sp³-hybridized carbons (Fsp3) is 0.563. The van der Waals surface area contributed by atoms with E-state index in [0.29, 0.717) is 38.5 Å². The summed E-state index contributed by atoms with van der Waals surface area (Å²) in [6.07, 6.45) is 95.4. The van der Waals surface area contributed by atoms with E-state index >= 15 is 0 Å². The fourth-order valence-electron chi connectivity index (χ4n) is 9.40. The first-order valence-electron chi connectivity index (χ1n) is 39.3. The first-order valence-corrected chi connectivity index (χ1v) is 42.3. The molecule has 0 aliphatic heterocycles. The Morgan fingerprint density at radius 2 is 0.472 bits per heavy atom. The molecule has 5 unspecified atom stereocenters. The zero-order valence-corrected chi connectivity index (χ0v) is 66.8. The topological polar surface area (TPSA) is 237 Å². The van der Waals surface area contributed by atoms with Crippen molar-refractivity contribution in [1.82, 2.24) is 0 Å². The highest BCUT2D eigenvalue weighted by Crippen LogP contribution is 2.45. The van der Waals surface area contributed by atoms with Crippen LogP contribution >= 0.6 is 15.6 Å². The molecule has 0 saturated heterocycles. The van der Waals surface area contributed by atoms with Crippen LogP contribution in [-0.2, 0) is 65.4 Å². The summed E-state index contributed by atoms with van der Waals surface area (Å²) >= 11 is 0. The number of phosphoric acid groups is 2. The number of hydrogen-bond acceptors (Lipinski definition) is 15. The van der Waals surface area contributed by atoms with E-state index in [9.17, 15) is 43.2 Å². The lowest BCUT2D eigenvalue weighted by molar-refractivity contribution is -0.161. The highest BCUT2D eigenvalue weighted by molar-refractivity contribution is 7.47. The smallest absolute Gasteiger partial charge is 0.462 e. The third-order valence-corrected chi connectivity index (χ3v) is 17.1. The van der Waals surface area contributed by atoms with Crippen LogP contribution in [-0.4, -0.2) is 96.7 Å². The second-order valence-corrected chi connectivity index (χ2v) is 28.0. The van der Waals surface area contributed by atoms with Crippen molar-refractivity contribution in [2.75, 3.05) is 39.6 Å². The molecule has 0 amide bonds. The minimum Gasteiger partial charge on any atom is -0.462 e. The number of unbranched alkanes of at least 4 members (excludes halogenated alkanes) is 11. The number of carbonyl (C=O) groups excluding carboxylic acids is 4. The second-order valence-electron chi connectivity index (χ2n) is 25.1. The van der Waals surface area contributed by atoms with Gasteiger partial charge < -0.3 is 33.8 Å². The van der Waals surface area contributed by atoms with E-state index in [1.807, 2.05) is 18.2 Å². The van der Waals surface area contributed by atoms with Crippen molar-refractivity contribution < 1.29 is 80.2 Å². The van der Waals surface area contributed by atoms with Gasteiger partial charge in [-0.25, -0.2) is 9.13 Å². The van der Waals surface area contributed by atoms with Gasteiger partial charge in [0.05, 0.1) is 26.4 Å². The molecule has 0 aliphatic carbocycles. The van der Waals surface area contributed by atoms with Crippen LogP contribution in [0.2, 0.25) is 0 Å². The summed E-state index contributed by atoms with van der Waals surface area (Å²) in [6, 6.07) is 0. The molecule has 0 aromatic heterocycles. The van der Waals surface area contributed by atoms with Crippen LogP contribution in [0.15, 0.2) is 207 Å². The van der Waals surface area contributed by atoms with Crippen LogP contribution in [0.4, 0.5) is 0 Å². The van der Waals surface area contributed by atoms with E-state index in [-0.39, 0.29) is 25.7 Å². The Morgan fingerprint density at radius 3 is 0.774 bits per heavy atom. The van der Waals surface area contributed by atoms with Crippen molar-refractivity contribution in [3.05, 3.63) is 207 Å². The van der Waals surface area contributed by atoms with Gasteiger partial charge in [0.1, 0.15) is 19.3 Å². The zero-order valence-electron chi connectivity index (χ0n) is 65.0. The van der Waals surface area contributed by atoms with Gasteiger partial charge in [0.15, 0.2) is 12.2 Å². The zero-order chi connectivity index (χ0) is 77.4. The first kappa shape index (κ1) is 99.6.